The van der Waals surface area contributed by atoms with Crippen LogP contribution in [0.25, 0.3) is 6.08 Å². The van der Waals surface area contributed by atoms with E-state index in [9.17, 15) is 9.90 Å². The Morgan fingerprint density at radius 1 is 1.32 bits per heavy atom. The maximum absolute atomic E-state index is 11.9. The molecule has 0 radical (unpaired) electrons. The van der Waals surface area contributed by atoms with E-state index in [1.54, 1.807) is 6.08 Å². The highest BCUT2D eigenvalue weighted by atomic mass is 16.5. The second-order valence-electron chi connectivity index (χ2n) is 6.30. The number of fused-ring (bicyclic) bond motifs is 1. The van der Waals surface area contributed by atoms with E-state index in [2.05, 4.69) is 11.4 Å². The fourth-order valence-corrected chi connectivity index (χ4v) is 3.18. The van der Waals surface area contributed by atoms with Crippen LogP contribution >= 0.6 is 0 Å². The predicted octanol–water partition coefficient (Wildman–Crippen LogP) is 2.45. The Labute approximate surface area is 131 Å². The molecule has 1 saturated carbocycles. The third-order valence-corrected chi connectivity index (χ3v) is 4.52. The van der Waals surface area contributed by atoms with Crippen molar-refractivity contribution in [1.82, 2.24) is 5.32 Å². The van der Waals surface area contributed by atoms with Gasteiger partial charge >= 0.3 is 0 Å². The fraction of sp³-hybridized carbons (Fsp3) is 0.500. The number of nitrogens with one attached hydrogen (secondary N) is 1. The molecule has 118 valence electrons. The second kappa shape index (κ2) is 6.53. The summed E-state index contributed by atoms with van der Waals surface area (Å²) in [5.74, 6) is 0.789. The Morgan fingerprint density at radius 3 is 2.95 bits per heavy atom. The monoisotopic (exact) mass is 301 g/mol. The molecule has 1 aromatic carbocycles. The molecule has 1 aliphatic heterocycles. The first-order valence-electron chi connectivity index (χ1n) is 8.09. The van der Waals surface area contributed by atoms with Crippen LogP contribution in [0.5, 0.6) is 5.75 Å². The predicted molar refractivity (Wildman–Crippen MR) is 85.7 cm³/mol. The molecule has 4 nitrogen and oxygen atoms in total. The molecule has 3 rings (SSSR count). The first kappa shape index (κ1) is 15.1. The van der Waals surface area contributed by atoms with Gasteiger partial charge in [-0.05, 0) is 42.2 Å². The average molecular weight is 301 g/mol. The van der Waals surface area contributed by atoms with Crippen LogP contribution < -0.4 is 10.1 Å². The second-order valence-corrected chi connectivity index (χ2v) is 6.30. The lowest BCUT2D eigenvalue weighted by atomic mass is 9.85. The van der Waals surface area contributed by atoms with Crippen molar-refractivity contribution in [2.75, 3.05) is 13.2 Å². The number of aliphatic hydroxyl groups is 1. The summed E-state index contributed by atoms with van der Waals surface area (Å²) in [5, 5.41) is 13.2. The highest BCUT2D eigenvalue weighted by Gasteiger charge is 2.29. The number of hydrogen-bond donors (Lipinski definition) is 2. The normalized spacial score (nSPS) is 19.7. The van der Waals surface area contributed by atoms with Gasteiger partial charge in [-0.25, -0.2) is 0 Å². The zero-order valence-electron chi connectivity index (χ0n) is 12.8. The smallest absolute Gasteiger partial charge is 0.244 e. The first-order chi connectivity index (χ1) is 10.6. The van der Waals surface area contributed by atoms with E-state index in [1.165, 1.54) is 18.1 Å². The Morgan fingerprint density at radius 2 is 2.14 bits per heavy atom. The Bertz CT molecular complexity index is 574. The lowest BCUT2D eigenvalue weighted by molar-refractivity contribution is -0.118. The van der Waals surface area contributed by atoms with Gasteiger partial charge in [-0.1, -0.05) is 25.3 Å². The summed E-state index contributed by atoms with van der Waals surface area (Å²) >= 11 is 0. The van der Waals surface area contributed by atoms with Gasteiger partial charge in [0.2, 0.25) is 5.91 Å². The van der Waals surface area contributed by atoms with E-state index >= 15 is 0 Å². The molecule has 1 heterocycles. The van der Waals surface area contributed by atoms with E-state index in [4.69, 9.17) is 4.74 Å². The van der Waals surface area contributed by atoms with Crippen molar-refractivity contribution in [3.05, 3.63) is 35.4 Å². The molecular formula is C18H23NO3. The minimum atomic E-state index is -0.716. The van der Waals surface area contributed by atoms with E-state index in [0.29, 0.717) is 6.54 Å². The summed E-state index contributed by atoms with van der Waals surface area (Å²) in [6, 6.07) is 5.95. The molecule has 2 N–H and O–H groups in total. The molecule has 0 saturated heterocycles. The van der Waals surface area contributed by atoms with Crippen molar-refractivity contribution in [1.29, 1.82) is 0 Å². The van der Waals surface area contributed by atoms with Crippen molar-refractivity contribution in [3.8, 4) is 5.75 Å². The van der Waals surface area contributed by atoms with Crippen molar-refractivity contribution in [2.24, 2.45) is 0 Å². The lowest BCUT2D eigenvalue weighted by Crippen LogP contribution is -2.43. The van der Waals surface area contributed by atoms with Crippen LogP contribution in [-0.2, 0) is 11.2 Å². The number of ether oxygens (including phenoxy) is 1. The molecule has 1 fully saturated rings. The molecule has 1 amide bonds. The van der Waals surface area contributed by atoms with Gasteiger partial charge in [0.25, 0.3) is 0 Å². The topological polar surface area (TPSA) is 58.6 Å². The van der Waals surface area contributed by atoms with Crippen LogP contribution in [0.1, 0.15) is 43.2 Å². The quantitative estimate of drug-likeness (QED) is 0.840. The highest BCUT2D eigenvalue weighted by Crippen LogP contribution is 2.27. The summed E-state index contributed by atoms with van der Waals surface area (Å²) in [4.78, 5) is 11.9. The molecule has 2 aliphatic rings. The maximum atomic E-state index is 11.9. The molecule has 0 atom stereocenters. The highest BCUT2D eigenvalue weighted by molar-refractivity contribution is 5.91. The summed E-state index contributed by atoms with van der Waals surface area (Å²) in [7, 11) is 0. The number of carbonyl (C=O) groups is 1. The largest absolute Gasteiger partial charge is 0.493 e. The van der Waals surface area contributed by atoms with Crippen LogP contribution in [0.3, 0.4) is 0 Å². The van der Waals surface area contributed by atoms with E-state index in [-0.39, 0.29) is 5.91 Å². The molecule has 0 aromatic heterocycles. The molecule has 4 heteroatoms. The SMILES string of the molecule is O=C(C=Cc1ccc2c(c1)CCO2)NCC1(O)CCCCC1. The molecule has 1 aromatic rings. The van der Waals surface area contributed by atoms with Crippen LogP contribution in [0.2, 0.25) is 0 Å². The summed E-state index contributed by atoms with van der Waals surface area (Å²) < 4.78 is 5.46. The molecule has 0 spiro atoms. The van der Waals surface area contributed by atoms with Crippen LogP contribution in [0.4, 0.5) is 0 Å². The Balaban J connectivity index is 1.53. The maximum Gasteiger partial charge on any atom is 0.244 e. The minimum Gasteiger partial charge on any atom is -0.493 e. The van der Waals surface area contributed by atoms with Gasteiger partial charge in [-0.2, -0.15) is 0 Å². The number of amides is 1. The van der Waals surface area contributed by atoms with Crippen molar-refractivity contribution in [2.45, 2.75) is 44.1 Å². The zero-order valence-corrected chi connectivity index (χ0v) is 12.8. The average Bonchev–Trinajstić information content (AvgIpc) is 2.99. The number of hydrogen-bond acceptors (Lipinski definition) is 3. The van der Waals surface area contributed by atoms with E-state index < -0.39 is 5.60 Å². The summed E-state index contributed by atoms with van der Waals surface area (Å²) in [6.45, 7) is 1.08. The first-order valence-corrected chi connectivity index (χ1v) is 8.09. The molecule has 22 heavy (non-hydrogen) atoms. The van der Waals surface area contributed by atoms with Gasteiger partial charge in [-0.15, -0.1) is 0 Å². The van der Waals surface area contributed by atoms with E-state index in [1.807, 2.05) is 12.1 Å². The molecule has 1 aliphatic carbocycles. The minimum absolute atomic E-state index is 0.157. The van der Waals surface area contributed by atoms with Gasteiger partial charge in [0.15, 0.2) is 0 Å². The Hall–Kier alpha value is -1.81. The summed E-state index contributed by atoms with van der Waals surface area (Å²) in [6.07, 6.45) is 9.08. The van der Waals surface area contributed by atoms with Crippen molar-refractivity contribution >= 4 is 12.0 Å². The van der Waals surface area contributed by atoms with Gasteiger partial charge in [0.1, 0.15) is 5.75 Å². The number of carbonyl (C=O) groups excluding carboxylic acids is 1. The third kappa shape index (κ3) is 3.69. The Kier molecular flexibility index (Phi) is 4.48. The van der Waals surface area contributed by atoms with E-state index in [0.717, 1.165) is 50.0 Å². The summed E-state index contributed by atoms with van der Waals surface area (Å²) in [5.41, 5.74) is 1.47. The van der Waals surface area contributed by atoms with Crippen LogP contribution in [0.15, 0.2) is 24.3 Å². The van der Waals surface area contributed by atoms with Gasteiger partial charge in [-0.3, -0.25) is 4.79 Å². The van der Waals surface area contributed by atoms with Crippen molar-refractivity contribution < 1.29 is 14.6 Å². The van der Waals surface area contributed by atoms with Gasteiger partial charge in [0, 0.05) is 19.0 Å². The van der Waals surface area contributed by atoms with Crippen molar-refractivity contribution in [3.63, 3.8) is 0 Å². The van der Waals surface area contributed by atoms with Crippen LogP contribution in [0, 0.1) is 0 Å². The molecule has 0 unspecified atom stereocenters. The van der Waals surface area contributed by atoms with Gasteiger partial charge < -0.3 is 15.2 Å². The van der Waals surface area contributed by atoms with Crippen LogP contribution in [-0.4, -0.2) is 29.8 Å². The lowest BCUT2D eigenvalue weighted by Gasteiger charge is -2.31. The van der Waals surface area contributed by atoms with Gasteiger partial charge in [0.05, 0.1) is 12.2 Å². The molecular weight excluding hydrogens is 278 g/mol. The molecule has 0 bridgehead atoms. The fourth-order valence-electron chi connectivity index (χ4n) is 3.18. The standard InChI is InChI=1S/C18H23NO3/c20-17(19-13-18(21)9-2-1-3-10-18)7-5-14-4-6-16-15(12-14)8-11-22-16/h4-7,12,21H,1-3,8-11,13H2,(H,19,20). The number of rotatable bonds is 4. The zero-order chi connectivity index (χ0) is 15.4. The number of benzene rings is 1. The third-order valence-electron chi connectivity index (χ3n) is 4.52.